The first-order chi connectivity index (χ1) is 9.97. The van der Waals surface area contributed by atoms with Crippen molar-refractivity contribution in [1.29, 1.82) is 0 Å². The summed E-state index contributed by atoms with van der Waals surface area (Å²) in [7, 11) is 0. The highest BCUT2D eigenvalue weighted by molar-refractivity contribution is 5.95. The lowest BCUT2D eigenvalue weighted by Crippen LogP contribution is -2.21. The van der Waals surface area contributed by atoms with E-state index in [1.165, 1.54) is 0 Å². The number of carbonyl (C=O) groups is 2. The summed E-state index contributed by atoms with van der Waals surface area (Å²) >= 11 is 0. The van der Waals surface area contributed by atoms with Crippen LogP contribution in [0.5, 0.6) is 0 Å². The molecule has 0 heterocycles. The second-order valence-corrected chi connectivity index (χ2v) is 5.25. The Balaban J connectivity index is 2.75. The van der Waals surface area contributed by atoms with Crippen LogP contribution in [0.3, 0.4) is 0 Å². The van der Waals surface area contributed by atoms with Gasteiger partial charge in [0.15, 0.2) is 0 Å². The quantitative estimate of drug-likeness (QED) is 0.722. The number of hydrogen-bond acceptors (Lipinski definition) is 3. The molecular weight excluding hydrogens is 266 g/mol. The maximum Gasteiger partial charge on any atom is 0.227 e. The summed E-state index contributed by atoms with van der Waals surface area (Å²) in [6.07, 6.45) is 2.03. The normalized spacial score (nSPS) is 11.8. The van der Waals surface area contributed by atoms with Crippen LogP contribution in [-0.4, -0.2) is 18.4 Å². The second kappa shape index (κ2) is 8.42. The van der Waals surface area contributed by atoms with Gasteiger partial charge in [-0.2, -0.15) is 0 Å². The van der Waals surface area contributed by atoms with E-state index in [9.17, 15) is 9.59 Å². The highest BCUT2D eigenvalue weighted by atomic mass is 16.2. The zero-order valence-corrected chi connectivity index (χ0v) is 13.0. The third-order valence-corrected chi connectivity index (χ3v) is 3.39. The Kier molecular flexibility index (Phi) is 6.88. The standard InChI is InChI=1S/C16H25N3O2/c1-4-15(20)18-13-8-7-11(2)14(10-13)19-16(21)12(3)6-5-9-17/h7-8,10,12H,4-6,9,17H2,1-3H3,(H,18,20)(H,19,21). The molecule has 21 heavy (non-hydrogen) atoms. The molecule has 0 aliphatic heterocycles. The molecule has 0 aromatic heterocycles. The van der Waals surface area contributed by atoms with Gasteiger partial charge in [0, 0.05) is 23.7 Å². The van der Waals surface area contributed by atoms with Gasteiger partial charge in [-0.15, -0.1) is 0 Å². The number of nitrogens with one attached hydrogen (secondary N) is 2. The highest BCUT2D eigenvalue weighted by Crippen LogP contribution is 2.21. The molecule has 1 aromatic rings. The van der Waals surface area contributed by atoms with Crippen molar-refractivity contribution < 1.29 is 9.59 Å². The maximum atomic E-state index is 12.1. The average molecular weight is 291 g/mol. The van der Waals surface area contributed by atoms with Crippen LogP contribution in [0.1, 0.15) is 38.7 Å². The molecule has 1 atom stereocenters. The lowest BCUT2D eigenvalue weighted by atomic mass is 10.0. The molecule has 5 nitrogen and oxygen atoms in total. The first kappa shape index (κ1) is 17.2. The van der Waals surface area contributed by atoms with Crippen molar-refractivity contribution in [2.24, 2.45) is 11.7 Å². The molecule has 0 saturated heterocycles. The summed E-state index contributed by atoms with van der Waals surface area (Å²) in [4.78, 5) is 23.5. The van der Waals surface area contributed by atoms with E-state index >= 15 is 0 Å². The molecule has 0 saturated carbocycles. The summed E-state index contributed by atoms with van der Waals surface area (Å²) < 4.78 is 0. The molecular formula is C16H25N3O2. The molecule has 1 unspecified atom stereocenters. The number of rotatable bonds is 7. The molecule has 0 aliphatic rings. The minimum Gasteiger partial charge on any atom is -0.330 e. The van der Waals surface area contributed by atoms with E-state index < -0.39 is 0 Å². The van der Waals surface area contributed by atoms with Gasteiger partial charge in [-0.1, -0.05) is 19.9 Å². The topological polar surface area (TPSA) is 84.2 Å². The number of amides is 2. The van der Waals surface area contributed by atoms with Crippen LogP contribution in [0.25, 0.3) is 0 Å². The van der Waals surface area contributed by atoms with Gasteiger partial charge in [0.2, 0.25) is 11.8 Å². The van der Waals surface area contributed by atoms with E-state index in [1.54, 1.807) is 13.0 Å². The minimum atomic E-state index is -0.0816. The van der Waals surface area contributed by atoms with E-state index in [4.69, 9.17) is 5.73 Å². The third kappa shape index (κ3) is 5.55. The van der Waals surface area contributed by atoms with E-state index in [0.717, 1.165) is 24.1 Å². The summed E-state index contributed by atoms with van der Waals surface area (Å²) in [6, 6.07) is 5.50. The Morgan fingerprint density at radius 1 is 1.29 bits per heavy atom. The fourth-order valence-corrected chi connectivity index (χ4v) is 1.89. The molecule has 0 aliphatic carbocycles. The van der Waals surface area contributed by atoms with Crippen LogP contribution in [0.2, 0.25) is 0 Å². The van der Waals surface area contributed by atoms with Gasteiger partial charge >= 0.3 is 0 Å². The van der Waals surface area contributed by atoms with Gasteiger partial charge in [0.05, 0.1) is 0 Å². The first-order valence-corrected chi connectivity index (χ1v) is 7.39. The van der Waals surface area contributed by atoms with Crippen molar-refractivity contribution in [3.63, 3.8) is 0 Å². The Morgan fingerprint density at radius 2 is 2.00 bits per heavy atom. The van der Waals surface area contributed by atoms with Crippen LogP contribution < -0.4 is 16.4 Å². The number of hydrogen-bond donors (Lipinski definition) is 3. The van der Waals surface area contributed by atoms with E-state index in [2.05, 4.69) is 10.6 Å². The van der Waals surface area contributed by atoms with Gasteiger partial charge in [-0.3, -0.25) is 9.59 Å². The van der Waals surface area contributed by atoms with Crippen molar-refractivity contribution in [3.8, 4) is 0 Å². The van der Waals surface area contributed by atoms with Gasteiger partial charge in [-0.25, -0.2) is 0 Å². The number of nitrogens with two attached hydrogens (primary N) is 1. The third-order valence-electron chi connectivity index (χ3n) is 3.39. The molecule has 4 N–H and O–H groups in total. The van der Waals surface area contributed by atoms with Crippen molar-refractivity contribution in [2.45, 2.75) is 40.0 Å². The molecule has 0 bridgehead atoms. The number of aryl methyl sites for hydroxylation is 1. The molecule has 1 rings (SSSR count). The molecule has 0 spiro atoms. The van der Waals surface area contributed by atoms with Crippen LogP contribution in [0.4, 0.5) is 11.4 Å². The summed E-state index contributed by atoms with van der Waals surface area (Å²) in [5.41, 5.74) is 7.85. The summed E-state index contributed by atoms with van der Waals surface area (Å²) in [6.45, 7) is 6.20. The Labute approximate surface area is 126 Å². The van der Waals surface area contributed by atoms with Crippen molar-refractivity contribution in [2.75, 3.05) is 17.2 Å². The van der Waals surface area contributed by atoms with Crippen molar-refractivity contribution in [3.05, 3.63) is 23.8 Å². The molecule has 5 heteroatoms. The lowest BCUT2D eigenvalue weighted by Gasteiger charge is -2.14. The summed E-state index contributed by atoms with van der Waals surface area (Å²) in [5, 5.41) is 5.71. The highest BCUT2D eigenvalue weighted by Gasteiger charge is 2.13. The van der Waals surface area contributed by atoms with Crippen molar-refractivity contribution in [1.82, 2.24) is 0 Å². The van der Waals surface area contributed by atoms with Gasteiger partial charge in [-0.05, 0) is 44.0 Å². The number of benzene rings is 1. The smallest absolute Gasteiger partial charge is 0.227 e. The second-order valence-electron chi connectivity index (χ2n) is 5.25. The molecule has 0 radical (unpaired) electrons. The van der Waals surface area contributed by atoms with Gasteiger partial charge in [0.25, 0.3) is 0 Å². The minimum absolute atomic E-state index is 0.0227. The Morgan fingerprint density at radius 3 is 2.62 bits per heavy atom. The molecule has 1 aromatic carbocycles. The first-order valence-electron chi connectivity index (χ1n) is 7.39. The monoisotopic (exact) mass is 291 g/mol. The zero-order valence-electron chi connectivity index (χ0n) is 13.0. The molecule has 0 fully saturated rings. The average Bonchev–Trinajstić information content (AvgIpc) is 2.47. The SMILES string of the molecule is CCC(=O)Nc1ccc(C)c(NC(=O)C(C)CCCN)c1. The predicted octanol–water partition coefficient (Wildman–Crippen LogP) is 2.66. The van der Waals surface area contributed by atoms with Gasteiger partial charge in [0.1, 0.15) is 0 Å². The van der Waals surface area contributed by atoms with Crippen molar-refractivity contribution >= 4 is 23.2 Å². The largest absolute Gasteiger partial charge is 0.330 e. The van der Waals surface area contributed by atoms with Crippen LogP contribution in [0.15, 0.2) is 18.2 Å². The Hall–Kier alpha value is -1.88. The fourth-order valence-electron chi connectivity index (χ4n) is 1.89. The van der Waals surface area contributed by atoms with E-state index in [1.807, 2.05) is 26.0 Å². The number of anilines is 2. The van der Waals surface area contributed by atoms with E-state index in [0.29, 0.717) is 18.7 Å². The van der Waals surface area contributed by atoms with Gasteiger partial charge < -0.3 is 16.4 Å². The van der Waals surface area contributed by atoms with Crippen LogP contribution in [-0.2, 0) is 9.59 Å². The van der Waals surface area contributed by atoms with Crippen LogP contribution in [0, 0.1) is 12.8 Å². The molecule has 2 amide bonds. The predicted molar refractivity (Wildman–Crippen MR) is 86.2 cm³/mol. The maximum absolute atomic E-state index is 12.1. The zero-order chi connectivity index (χ0) is 15.8. The Bertz CT molecular complexity index is 500. The number of carbonyl (C=O) groups excluding carboxylic acids is 2. The van der Waals surface area contributed by atoms with E-state index in [-0.39, 0.29) is 17.7 Å². The fraction of sp³-hybridized carbons (Fsp3) is 0.500. The lowest BCUT2D eigenvalue weighted by molar-refractivity contribution is -0.119. The summed E-state index contributed by atoms with van der Waals surface area (Å²) in [5.74, 6) is -0.153. The molecule has 116 valence electrons. The van der Waals surface area contributed by atoms with Crippen LogP contribution >= 0.6 is 0 Å².